The van der Waals surface area contributed by atoms with Crippen LogP contribution < -0.4 is 4.72 Å². The second-order valence-corrected chi connectivity index (χ2v) is 5.79. The van der Waals surface area contributed by atoms with Crippen LogP contribution in [0.3, 0.4) is 0 Å². The third kappa shape index (κ3) is 4.49. The van der Waals surface area contributed by atoms with Crippen molar-refractivity contribution < 1.29 is 13.2 Å². The number of rotatable bonds is 4. The Morgan fingerprint density at radius 1 is 1.28 bits per heavy atom. The van der Waals surface area contributed by atoms with Crippen LogP contribution in [0.1, 0.15) is 5.56 Å². The van der Waals surface area contributed by atoms with E-state index in [9.17, 15) is 13.2 Å². The van der Waals surface area contributed by atoms with Gasteiger partial charge in [0.15, 0.2) is 0 Å². The van der Waals surface area contributed by atoms with Crippen molar-refractivity contribution in [1.82, 2.24) is 4.72 Å². The first-order valence-corrected chi connectivity index (χ1v) is 7.43. The Bertz CT molecular complexity index is 564. The van der Waals surface area contributed by atoms with Crippen LogP contribution in [0.5, 0.6) is 0 Å². The summed E-state index contributed by atoms with van der Waals surface area (Å²) < 4.78 is 24.6. The predicted octanol–water partition coefficient (Wildman–Crippen LogP) is 2.65. The van der Waals surface area contributed by atoms with Gasteiger partial charge < -0.3 is 0 Å². The van der Waals surface area contributed by atoms with E-state index in [4.69, 9.17) is 34.8 Å². The summed E-state index contributed by atoms with van der Waals surface area (Å²) in [4.78, 5) is 10.9. The monoisotopic (exact) mass is 327 g/mol. The van der Waals surface area contributed by atoms with Gasteiger partial charge in [0.1, 0.15) is 5.88 Å². The van der Waals surface area contributed by atoms with E-state index in [2.05, 4.69) is 0 Å². The number of nitrogens with one attached hydrogen (secondary N) is 1. The van der Waals surface area contributed by atoms with Gasteiger partial charge in [-0.25, -0.2) is 13.1 Å². The van der Waals surface area contributed by atoms with E-state index >= 15 is 0 Å². The molecule has 4 nitrogen and oxygen atoms in total. The molecule has 0 unspecified atom stereocenters. The third-order valence-corrected chi connectivity index (χ3v) is 3.70. The molecule has 0 heterocycles. The van der Waals surface area contributed by atoms with Gasteiger partial charge in [-0.15, -0.1) is 11.6 Å². The first kappa shape index (κ1) is 15.3. The number of sulfonamides is 1. The van der Waals surface area contributed by atoms with Crippen LogP contribution in [-0.2, 0) is 14.8 Å². The lowest BCUT2D eigenvalue weighted by atomic mass is 10.2. The summed E-state index contributed by atoms with van der Waals surface area (Å²) in [5.41, 5.74) is 0.351. The van der Waals surface area contributed by atoms with Crippen LogP contribution in [0, 0.1) is 0 Å². The molecule has 8 heteroatoms. The fourth-order valence-corrected chi connectivity index (χ4v) is 2.49. The molecule has 1 aromatic carbocycles. The molecule has 0 aliphatic rings. The Kier molecular flexibility index (Phi) is 5.47. The minimum atomic E-state index is -3.91. The zero-order valence-electron chi connectivity index (χ0n) is 8.86. The molecule has 0 bridgehead atoms. The zero-order chi connectivity index (χ0) is 13.8. The van der Waals surface area contributed by atoms with Crippen LogP contribution >= 0.6 is 34.8 Å². The number of alkyl halides is 1. The summed E-state index contributed by atoms with van der Waals surface area (Å²) in [6.07, 6.45) is 1.20. The molecule has 0 radical (unpaired) electrons. The summed E-state index contributed by atoms with van der Waals surface area (Å²) >= 11 is 16.9. The molecule has 1 aromatic rings. The zero-order valence-corrected chi connectivity index (χ0v) is 11.9. The number of hydrogen-bond donors (Lipinski definition) is 1. The van der Waals surface area contributed by atoms with Gasteiger partial charge in [-0.3, -0.25) is 4.79 Å². The lowest BCUT2D eigenvalue weighted by Gasteiger charge is -2.02. The Morgan fingerprint density at radius 2 is 1.83 bits per heavy atom. The highest BCUT2D eigenvalue weighted by Crippen LogP contribution is 2.25. The van der Waals surface area contributed by atoms with Crippen LogP contribution in [0.25, 0.3) is 6.08 Å². The Morgan fingerprint density at radius 3 is 2.33 bits per heavy atom. The van der Waals surface area contributed by atoms with Crippen molar-refractivity contribution >= 4 is 56.8 Å². The van der Waals surface area contributed by atoms with Gasteiger partial charge in [-0.05, 0) is 18.2 Å². The highest BCUT2D eigenvalue weighted by Gasteiger charge is 2.10. The molecular weight excluding hydrogens is 321 g/mol. The van der Waals surface area contributed by atoms with Gasteiger partial charge >= 0.3 is 0 Å². The van der Waals surface area contributed by atoms with E-state index in [1.807, 2.05) is 0 Å². The third-order valence-electron chi connectivity index (χ3n) is 1.79. The number of carbonyl (C=O) groups is 1. The summed E-state index contributed by atoms with van der Waals surface area (Å²) in [6, 6.07) is 4.76. The van der Waals surface area contributed by atoms with Crippen LogP contribution in [0.15, 0.2) is 23.6 Å². The van der Waals surface area contributed by atoms with Crippen molar-refractivity contribution in [2.45, 2.75) is 0 Å². The fraction of sp³-hybridized carbons (Fsp3) is 0.100. The molecule has 0 spiro atoms. The van der Waals surface area contributed by atoms with E-state index in [-0.39, 0.29) is 0 Å². The van der Waals surface area contributed by atoms with Crippen molar-refractivity contribution in [3.8, 4) is 0 Å². The van der Waals surface area contributed by atoms with Gasteiger partial charge in [0.05, 0.1) is 5.41 Å². The summed E-state index contributed by atoms with van der Waals surface area (Å²) in [5.74, 6) is -1.26. The molecular formula is C10H8Cl3NO3S. The normalized spacial score (nSPS) is 11.7. The van der Waals surface area contributed by atoms with Gasteiger partial charge in [0.2, 0.25) is 5.91 Å². The highest BCUT2D eigenvalue weighted by atomic mass is 35.5. The van der Waals surface area contributed by atoms with Crippen molar-refractivity contribution in [3.63, 3.8) is 0 Å². The summed E-state index contributed by atoms with van der Waals surface area (Å²) in [6.45, 7) is 0. The standard InChI is InChI=1S/C10H8Cl3NO3S/c11-6-10(15)14-18(16,17)5-4-7-8(12)2-1-3-9(7)13/h1-5H,6H2,(H,14,15)/b5-4+. The minimum Gasteiger partial charge on any atom is -0.273 e. The SMILES string of the molecule is O=C(CCl)NS(=O)(=O)/C=C/c1c(Cl)cccc1Cl. The van der Waals surface area contributed by atoms with Gasteiger partial charge in [-0.2, -0.15) is 0 Å². The quantitative estimate of drug-likeness (QED) is 0.864. The maximum absolute atomic E-state index is 11.4. The van der Waals surface area contributed by atoms with Crippen molar-refractivity contribution in [2.24, 2.45) is 0 Å². The molecule has 1 amide bonds. The Labute approximate surface area is 120 Å². The molecule has 0 saturated carbocycles. The van der Waals surface area contributed by atoms with Crippen molar-refractivity contribution in [1.29, 1.82) is 0 Å². The smallest absolute Gasteiger partial charge is 0.257 e. The molecule has 0 atom stereocenters. The van der Waals surface area contributed by atoms with Crippen LogP contribution in [0.2, 0.25) is 10.0 Å². The van der Waals surface area contributed by atoms with Crippen LogP contribution in [-0.4, -0.2) is 20.2 Å². The minimum absolute atomic E-state index is 0.303. The first-order chi connectivity index (χ1) is 8.35. The van der Waals surface area contributed by atoms with Gasteiger partial charge in [0.25, 0.3) is 10.0 Å². The largest absolute Gasteiger partial charge is 0.273 e. The molecule has 0 aliphatic carbocycles. The summed E-state index contributed by atoms with van der Waals surface area (Å²) in [5, 5.41) is 1.40. The Balaban J connectivity index is 2.97. The lowest BCUT2D eigenvalue weighted by Crippen LogP contribution is -2.29. The van der Waals surface area contributed by atoms with Crippen LogP contribution in [0.4, 0.5) is 0 Å². The second-order valence-electron chi connectivity index (χ2n) is 3.14. The summed E-state index contributed by atoms with van der Waals surface area (Å²) in [7, 11) is -3.91. The molecule has 18 heavy (non-hydrogen) atoms. The lowest BCUT2D eigenvalue weighted by molar-refractivity contribution is -0.116. The highest BCUT2D eigenvalue weighted by molar-refractivity contribution is 7.93. The van der Waals surface area contributed by atoms with E-state index in [1.54, 1.807) is 22.9 Å². The maximum Gasteiger partial charge on any atom is 0.257 e. The molecule has 0 saturated heterocycles. The van der Waals surface area contributed by atoms with Gasteiger partial charge in [0, 0.05) is 15.6 Å². The molecule has 1 N–H and O–H groups in total. The number of benzene rings is 1. The van der Waals surface area contributed by atoms with Crippen molar-refractivity contribution in [2.75, 3.05) is 5.88 Å². The average molecular weight is 329 g/mol. The fourth-order valence-electron chi connectivity index (χ4n) is 1.05. The number of halogens is 3. The van der Waals surface area contributed by atoms with Crippen molar-refractivity contribution in [3.05, 3.63) is 39.2 Å². The Hall–Kier alpha value is -0.750. The number of carbonyl (C=O) groups excluding carboxylic acids is 1. The maximum atomic E-state index is 11.4. The van der Waals surface area contributed by atoms with Gasteiger partial charge in [-0.1, -0.05) is 29.3 Å². The van der Waals surface area contributed by atoms with E-state index < -0.39 is 21.8 Å². The van der Waals surface area contributed by atoms with E-state index in [0.29, 0.717) is 15.6 Å². The predicted molar refractivity (Wildman–Crippen MR) is 73.3 cm³/mol. The van der Waals surface area contributed by atoms with E-state index in [0.717, 1.165) is 5.41 Å². The number of hydrogen-bond acceptors (Lipinski definition) is 3. The first-order valence-electron chi connectivity index (χ1n) is 4.59. The average Bonchev–Trinajstić information content (AvgIpc) is 2.27. The molecule has 1 rings (SSSR count). The molecule has 0 aromatic heterocycles. The van der Waals surface area contributed by atoms with E-state index in [1.165, 1.54) is 6.08 Å². The second kappa shape index (κ2) is 6.43. The number of amides is 1. The topological polar surface area (TPSA) is 63.2 Å². The molecule has 98 valence electrons. The molecule has 0 fully saturated rings. The molecule has 0 aliphatic heterocycles.